The fourth-order valence-corrected chi connectivity index (χ4v) is 4.67. The number of benzene rings is 3. The van der Waals surface area contributed by atoms with E-state index in [9.17, 15) is 13.2 Å². The first kappa shape index (κ1) is 23.6. The fourth-order valence-electron chi connectivity index (χ4n) is 3.31. The molecule has 0 unspecified atom stereocenters. The number of aromatic nitrogens is 3. The SMILES string of the molecule is C[C@H](Sc1nnc(-c2ccccc2)c(-c2ccccc2)n1)C(=O)c1ccc(NS(C)(=O)=O)cc1. The fraction of sp³-hybridized carbons (Fsp3) is 0.120. The number of sulfonamides is 1. The number of thioether (sulfide) groups is 1. The molecule has 1 atom stereocenters. The monoisotopic (exact) mass is 490 g/mol. The van der Waals surface area contributed by atoms with Gasteiger partial charge < -0.3 is 0 Å². The van der Waals surface area contributed by atoms with Gasteiger partial charge in [0.15, 0.2) is 5.78 Å². The molecule has 0 amide bonds. The molecular weight excluding hydrogens is 468 g/mol. The molecule has 0 saturated heterocycles. The number of carbonyl (C=O) groups excluding carboxylic acids is 1. The quantitative estimate of drug-likeness (QED) is 0.276. The molecule has 4 aromatic rings. The number of ketones is 1. The van der Waals surface area contributed by atoms with Gasteiger partial charge in [-0.2, -0.15) is 0 Å². The summed E-state index contributed by atoms with van der Waals surface area (Å²) in [6.07, 6.45) is 1.07. The van der Waals surface area contributed by atoms with Crippen molar-refractivity contribution in [3.8, 4) is 22.5 Å². The lowest BCUT2D eigenvalue weighted by Crippen LogP contribution is -2.15. The summed E-state index contributed by atoms with van der Waals surface area (Å²) in [5, 5.41) is 8.66. The van der Waals surface area contributed by atoms with Crippen LogP contribution in [-0.4, -0.2) is 40.9 Å². The van der Waals surface area contributed by atoms with Crippen molar-refractivity contribution >= 4 is 33.3 Å². The van der Waals surface area contributed by atoms with Crippen molar-refractivity contribution in [3.05, 3.63) is 90.5 Å². The largest absolute Gasteiger partial charge is 0.293 e. The number of hydrogen-bond acceptors (Lipinski definition) is 7. The Morgan fingerprint density at radius 3 is 1.94 bits per heavy atom. The van der Waals surface area contributed by atoms with E-state index in [0.29, 0.717) is 27.8 Å². The molecule has 0 aliphatic carbocycles. The Labute approximate surface area is 202 Å². The molecule has 0 aliphatic rings. The van der Waals surface area contributed by atoms with Crippen LogP contribution in [0.4, 0.5) is 5.69 Å². The van der Waals surface area contributed by atoms with Crippen LogP contribution in [0.15, 0.2) is 90.1 Å². The third kappa shape index (κ3) is 5.86. The maximum absolute atomic E-state index is 13.0. The third-order valence-electron chi connectivity index (χ3n) is 4.89. The van der Waals surface area contributed by atoms with Gasteiger partial charge in [-0.05, 0) is 31.2 Å². The highest BCUT2D eigenvalue weighted by molar-refractivity contribution is 8.00. The molecule has 0 saturated carbocycles. The van der Waals surface area contributed by atoms with Crippen LogP contribution in [0.2, 0.25) is 0 Å². The van der Waals surface area contributed by atoms with Crippen molar-refractivity contribution in [2.24, 2.45) is 0 Å². The van der Waals surface area contributed by atoms with Crippen LogP contribution in [0.3, 0.4) is 0 Å². The average Bonchev–Trinajstić information content (AvgIpc) is 2.84. The van der Waals surface area contributed by atoms with Crippen LogP contribution in [0.25, 0.3) is 22.5 Å². The summed E-state index contributed by atoms with van der Waals surface area (Å²) in [6, 6.07) is 25.8. The highest BCUT2D eigenvalue weighted by Crippen LogP contribution is 2.31. The van der Waals surface area contributed by atoms with E-state index in [0.717, 1.165) is 17.4 Å². The predicted molar refractivity (Wildman–Crippen MR) is 135 cm³/mol. The Balaban J connectivity index is 1.58. The molecule has 0 fully saturated rings. The highest BCUT2D eigenvalue weighted by Gasteiger charge is 2.20. The first-order valence-electron chi connectivity index (χ1n) is 10.4. The Morgan fingerprint density at radius 2 is 1.38 bits per heavy atom. The maximum Gasteiger partial charge on any atom is 0.229 e. The molecule has 0 bridgehead atoms. The molecular formula is C25H22N4O3S2. The minimum Gasteiger partial charge on any atom is -0.293 e. The molecule has 1 aromatic heterocycles. The zero-order chi connectivity index (χ0) is 24.1. The number of carbonyl (C=O) groups is 1. The van der Waals surface area contributed by atoms with Crippen molar-refractivity contribution in [1.82, 2.24) is 15.2 Å². The Hall–Kier alpha value is -3.56. The average molecular weight is 491 g/mol. The molecule has 0 aliphatic heterocycles. The zero-order valence-electron chi connectivity index (χ0n) is 18.5. The third-order valence-corrected chi connectivity index (χ3v) is 6.44. The summed E-state index contributed by atoms with van der Waals surface area (Å²) in [7, 11) is -3.38. The molecule has 172 valence electrons. The number of rotatable bonds is 8. The van der Waals surface area contributed by atoms with Crippen molar-refractivity contribution in [1.29, 1.82) is 0 Å². The van der Waals surface area contributed by atoms with Crippen LogP contribution in [0.1, 0.15) is 17.3 Å². The van der Waals surface area contributed by atoms with Crippen molar-refractivity contribution in [2.75, 3.05) is 11.0 Å². The normalized spacial score (nSPS) is 12.2. The zero-order valence-corrected chi connectivity index (χ0v) is 20.2. The minimum absolute atomic E-state index is 0.118. The first-order chi connectivity index (χ1) is 16.3. The molecule has 0 radical (unpaired) electrons. The van der Waals surface area contributed by atoms with Gasteiger partial charge in [0.2, 0.25) is 15.2 Å². The van der Waals surface area contributed by atoms with E-state index in [4.69, 9.17) is 4.98 Å². The minimum atomic E-state index is -3.38. The molecule has 7 nitrogen and oxygen atoms in total. The van der Waals surface area contributed by atoms with Crippen LogP contribution >= 0.6 is 11.8 Å². The number of hydrogen-bond donors (Lipinski definition) is 1. The van der Waals surface area contributed by atoms with E-state index < -0.39 is 15.3 Å². The van der Waals surface area contributed by atoms with E-state index in [1.54, 1.807) is 31.2 Å². The smallest absolute Gasteiger partial charge is 0.229 e. The van der Waals surface area contributed by atoms with Crippen LogP contribution in [-0.2, 0) is 10.0 Å². The van der Waals surface area contributed by atoms with Gasteiger partial charge in [-0.3, -0.25) is 9.52 Å². The lowest BCUT2D eigenvalue weighted by Gasteiger charge is -2.12. The molecule has 3 aromatic carbocycles. The lowest BCUT2D eigenvalue weighted by atomic mass is 10.0. The molecule has 9 heteroatoms. The molecule has 1 heterocycles. The number of Topliss-reactive ketones (excluding diaryl/α,β-unsaturated/α-hetero) is 1. The van der Waals surface area contributed by atoms with Crippen LogP contribution in [0, 0.1) is 0 Å². The maximum atomic E-state index is 13.0. The van der Waals surface area contributed by atoms with Crippen LogP contribution in [0.5, 0.6) is 0 Å². The van der Waals surface area contributed by atoms with Gasteiger partial charge in [-0.25, -0.2) is 13.4 Å². The first-order valence-corrected chi connectivity index (χ1v) is 13.2. The molecule has 1 N–H and O–H groups in total. The summed E-state index contributed by atoms with van der Waals surface area (Å²) in [6.45, 7) is 1.78. The number of anilines is 1. The second-order valence-electron chi connectivity index (χ2n) is 7.60. The van der Waals surface area contributed by atoms with Crippen molar-refractivity contribution < 1.29 is 13.2 Å². The Bertz CT molecular complexity index is 1400. The second kappa shape index (κ2) is 10.1. The number of nitrogens with one attached hydrogen (secondary N) is 1. The van der Waals surface area contributed by atoms with Gasteiger partial charge in [-0.15, -0.1) is 10.2 Å². The summed E-state index contributed by atoms with van der Waals surface area (Å²) in [5.41, 5.74) is 4.05. The molecule has 0 spiro atoms. The summed E-state index contributed by atoms with van der Waals surface area (Å²) >= 11 is 1.23. The van der Waals surface area contributed by atoms with Gasteiger partial charge in [0.05, 0.1) is 11.5 Å². The lowest BCUT2D eigenvalue weighted by molar-refractivity contribution is 0.0994. The van der Waals surface area contributed by atoms with Gasteiger partial charge in [0.25, 0.3) is 0 Å². The topological polar surface area (TPSA) is 102 Å². The van der Waals surface area contributed by atoms with Gasteiger partial charge in [0.1, 0.15) is 11.4 Å². The Kier molecular flexibility index (Phi) is 7.04. The van der Waals surface area contributed by atoms with Gasteiger partial charge >= 0.3 is 0 Å². The van der Waals surface area contributed by atoms with Crippen molar-refractivity contribution in [3.63, 3.8) is 0 Å². The van der Waals surface area contributed by atoms with Crippen molar-refractivity contribution in [2.45, 2.75) is 17.3 Å². The van der Waals surface area contributed by atoms with E-state index in [2.05, 4.69) is 14.9 Å². The van der Waals surface area contributed by atoms with Gasteiger partial charge in [-0.1, -0.05) is 72.4 Å². The standard InChI is InChI=1S/C25H22N4O3S2/c1-17(24(30)20-13-15-21(16-14-20)29-34(2,31)32)33-25-26-22(18-9-5-3-6-10-18)23(27-28-25)19-11-7-4-8-12-19/h3-17,29H,1-2H3/t17-/m0/s1. The van der Waals surface area contributed by atoms with E-state index in [1.165, 1.54) is 11.8 Å². The summed E-state index contributed by atoms with van der Waals surface area (Å²) < 4.78 is 25.1. The second-order valence-corrected chi connectivity index (χ2v) is 10.7. The molecule has 4 rings (SSSR count). The highest BCUT2D eigenvalue weighted by atomic mass is 32.2. The van der Waals surface area contributed by atoms with E-state index in [-0.39, 0.29) is 5.78 Å². The summed E-state index contributed by atoms with van der Waals surface area (Å²) in [5.74, 6) is -0.118. The summed E-state index contributed by atoms with van der Waals surface area (Å²) in [4.78, 5) is 17.7. The molecule has 34 heavy (non-hydrogen) atoms. The van der Waals surface area contributed by atoms with Crippen LogP contribution < -0.4 is 4.72 Å². The van der Waals surface area contributed by atoms with E-state index >= 15 is 0 Å². The Morgan fingerprint density at radius 1 is 0.824 bits per heavy atom. The number of nitrogens with zero attached hydrogens (tertiary/aromatic N) is 3. The van der Waals surface area contributed by atoms with Gasteiger partial charge in [0, 0.05) is 22.4 Å². The van der Waals surface area contributed by atoms with E-state index in [1.807, 2.05) is 60.7 Å². The predicted octanol–water partition coefficient (Wildman–Crippen LogP) is 4.94.